The fourth-order valence-electron chi connectivity index (χ4n) is 3.28. The van der Waals surface area contributed by atoms with Gasteiger partial charge in [0.15, 0.2) is 6.61 Å². The summed E-state index contributed by atoms with van der Waals surface area (Å²) >= 11 is 5.88. The Hall–Kier alpha value is -2.57. The van der Waals surface area contributed by atoms with Crippen molar-refractivity contribution in [3.63, 3.8) is 0 Å². The monoisotopic (exact) mass is 401 g/mol. The van der Waals surface area contributed by atoms with Crippen LogP contribution in [0.15, 0.2) is 42.5 Å². The van der Waals surface area contributed by atoms with Crippen LogP contribution >= 0.6 is 11.6 Å². The molecule has 0 unspecified atom stereocenters. The van der Waals surface area contributed by atoms with Gasteiger partial charge >= 0.3 is 0 Å². The maximum Gasteiger partial charge on any atom is 0.260 e. The standard InChI is InChI=1S/C21H24ClN3O3/c1-15-3-2-4-16(11-15)13-24-7-9-25(10-8-24)20(26)14-28-19-6-5-17(22)12-18(19)21(23)27/h2-6,11-12H,7-10,13-14H2,1H3,(H2,23,27). The van der Waals surface area contributed by atoms with Gasteiger partial charge in [-0.25, -0.2) is 0 Å². The predicted octanol–water partition coefficient (Wildman–Crippen LogP) is 2.47. The summed E-state index contributed by atoms with van der Waals surface area (Å²) in [6.07, 6.45) is 0. The number of nitrogens with two attached hydrogens (primary N) is 1. The normalized spacial score (nSPS) is 14.7. The van der Waals surface area contributed by atoms with Crippen molar-refractivity contribution in [2.24, 2.45) is 5.73 Å². The number of carbonyl (C=O) groups is 2. The number of hydrogen-bond donors (Lipinski definition) is 1. The summed E-state index contributed by atoms with van der Waals surface area (Å²) in [7, 11) is 0. The molecule has 1 aliphatic rings. The summed E-state index contributed by atoms with van der Waals surface area (Å²) in [6, 6.07) is 13.1. The number of nitrogens with zero attached hydrogens (tertiary/aromatic N) is 2. The fourth-order valence-corrected chi connectivity index (χ4v) is 3.45. The maximum atomic E-state index is 12.5. The Balaban J connectivity index is 1.50. The van der Waals surface area contributed by atoms with Crippen molar-refractivity contribution >= 4 is 23.4 Å². The van der Waals surface area contributed by atoms with Crippen molar-refractivity contribution < 1.29 is 14.3 Å². The van der Waals surface area contributed by atoms with Gasteiger partial charge in [-0.3, -0.25) is 14.5 Å². The summed E-state index contributed by atoms with van der Waals surface area (Å²) in [6.45, 7) is 5.76. The summed E-state index contributed by atoms with van der Waals surface area (Å²) in [4.78, 5) is 28.1. The Morgan fingerprint density at radius 3 is 2.54 bits per heavy atom. The first-order valence-corrected chi connectivity index (χ1v) is 9.58. The molecule has 0 atom stereocenters. The molecule has 0 bridgehead atoms. The molecule has 1 aliphatic heterocycles. The molecule has 7 heteroatoms. The molecule has 0 aliphatic carbocycles. The predicted molar refractivity (Wildman–Crippen MR) is 109 cm³/mol. The number of aryl methyl sites for hydroxylation is 1. The van der Waals surface area contributed by atoms with Crippen molar-refractivity contribution in [3.8, 4) is 5.75 Å². The molecule has 0 saturated carbocycles. The molecule has 28 heavy (non-hydrogen) atoms. The highest BCUT2D eigenvalue weighted by Gasteiger charge is 2.22. The van der Waals surface area contributed by atoms with Gasteiger partial charge in [0, 0.05) is 37.7 Å². The van der Waals surface area contributed by atoms with Crippen molar-refractivity contribution in [2.75, 3.05) is 32.8 Å². The molecule has 1 saturated heterocycles. The molecule has 148 valence electrons. The zero-order valence-electron chi connectivity index (χ0n) is 15.9. The first kappa shape index (κ1) is 20.2. The number of amides is 2. The van der Waals surface area contributed by atoms with Crippen LogP contribution in [0.25, 0.3) is 0 Å². The van der Waals surface area contributed by atoms with E-state index in [0.717, 1.165) is 19.6 Å². The molecule has 0 radical (unpaired) electrons. The molecule has 6 nitrogen and oxygen atoms in total. The Morgan fingerprint density at radius 2 is 1.86 bits per heavy atom. The molecule has 0 aromatic heterocycles. The summed E-state index contributed by atoms with van der Waals surface area (Å²) < 4.78 is 5.54. The summed E-state index contributed by atoms with van der Waals surface area (Å²) in [5.74, 6) is -0.487. The molecular formula is C21H24ClN3O3. The quantitative estimate of drug-likeness (QED) is 0.806. The second-order valence-corrected chi connectivity index (χ2v) is 7.38. The van der Waals surface area contributed by atoms with E-state index in [-0.39, 0.29) is 23.8 Å². The van der Waals surface area contributed by atoms with E-state index in [9.17, 15) is 9.59 Å². The second kappa shape index (κ2) is 9.08. The lowest BCUT2D eigenvalue weighted by Gasteiger charge is -2.34. The molecule has 2 aromatic carbocycles. The van der Waals surface area contributed by atoms with Crippen LogP contribution in [0.3, 0.4) is 0 Å². The zero-order valence-corrected chi connectivity index (χ0v) is 16.6. The van der Waals surface area contributed by atoms with Crippen molar-refractivity contribution in [1.82, 2.24) is 9.80 Å². The van der Waals surface area contributed by atoms with Crippen molar-refractivity contribution in [1.29, 1.82) is 0 Å². The molecule has 2 amide bonds. The Morgan fingerprint density at radius 1 is 1.11 bits per heavy atom. The van der Waals surface area contributed by atoms with Crippen LogP contribution in [-0.4, -0.2) is 54.4 Å². The molecule has 3 rings (SSSR count). The van der Waals surface area contributed by atoms with Crippen LogP contribution in [0, 0.1) is 6.92 Å². The minimum Gasteiger partial charge on any atom is -0.483 e. The largest absolute Gasteiger partial charge is 0.483 e. The number of rotatable bonds is 6. The molecule has 0 spiro atoms. The first-order chi connectivity index (χ1) is 13.4. The number of halogens is 1. The van der Waals surface area contributed by atoms with Gasteiger partial charge in [-0.15, -0.1) is 0 Å². The minimum absolute atomic E-state index is 0.111. The molecule has 2 aromatic rings. The Kier molecular flexibility index (Phi) is 6.54. The third-order valence-corrected chi connectivity index (χ3v) is 5.01. The SMILES string of the molecule is Cc1cccc(CN2CCN(C(=O)COc3ccc(Cl)cc3C(N)=O)CC2)c1. The number of piperazine rings is 1. The number of carbonyl (C=O) groups excluding carboxylic acids is 2. The van der Waals surface area contributed by atoms with Gasteiger partial charge in [0.2, 0.25) is 0 Å². The van der Waals surface area contributed by atoms with Crippen LogP contribution in [0.4, 0.5) is 0 Å². The smallest absolute Gasteiger partial charge is 0.260 e. The average Bonchev–Trinajstić information content (AvgIpc) is 2.67. The minimum atomic E-state index is -0.644. The Bertz CT molecular complexity index is 864. The lowest BCUT2D eigenvalue weighted by atomic mass is 10.1. The summed E-state index contributed by atoms with van der Waals surface area (Å²) in [5.41, 5.74) is 8.04. The van der Waals surface area contributed by atoms with E-state index in [0.29, 0.717) is 18.1 Å². The van der Waals surface area contributed by atoms with E-state index in [1.54, 1.807) is 17.0 Å². The molecule has 1 fully saturated rings. The number of primary amides is 1. The summed E-state index contributed by atoms with van der Waals surface area (Å²) in [5, 5.41) is 0.386. The number of benzene rings is 2. The highest BCUT2D eigenvalue weighted by molar-refractivity contribution is 6.31. The van der Waals surface area contributed by atoms with E-state index in [2.05, 4.69) is 36.1 Å². The molecule has 1 heterocycles. The lowest BCUT2D eigenvalue weighted by molar-refractivity contribution is -0.135. The third kappa shape index (κ3) is 5.24. The maximum absolute atomic E-state index is 12.5. The molecular weight excluding hydrogens is 378 g/mol. The first-order valence-electron chi connectivity index (χ1n) is 9.20. The van der Waals surface area contributed by atoms with Gasteiger partial charge < -0.3 is 15.4 Å². The highest BCUT2D eigenvalue weighted by Crippen LogP contribution is 2.22. The van der Waals surface area contributed by atoms with E-state index in [1.165, 1.54) is 17.2 Å². The van der Waals surface area contributed by atoms with Crippen LogP contribution in [0.2, 0.25) is 5.02 Å². The van der Waals surface area contributed by atoms with Gasteiger partial charge in [-0.1, -0.05) is 41.4 Å². The molecule has 2 N–H and O–H groups in total. The van der Waals surface area contributed by atoms with Gasteiger partial charge in [-0.05, 0) is 30.7 Å². The van der Waals surface area contributed by atoms with Gasteiger partial charge in [0.1, 0.15) is 5.75 Å². The number of hydrogen-bond acceptors (Lipinski definition) is 4. The van der Waals surface area contributed by atoms with Gasteiger partial charge in [0.25, 0.3) is 11.8 Å². The van der Waals surface area contributed by atoms with E-state index < -0.39 is 5.91 Å². The van der Waals surface area contributed by atoms with Crippen LogP contribution in [-0.2, 0) is 11.3 Å². The lowest BCUT2D eigenvalue weighted by Crippen LogP contribution is -2.49. The van der Waals surface area contributed by atoms with Gasteiger partial charge in [-0.2, -0.15) is 0 Å². The highest BCUT2D eigenvalue weighted by atomic mass is 35.5. The van der Waals surface area contributed by atoms with Gasteiger partial charge in [0.05, 0.1) is 5.56 Å². The van der Waals surface area contributed by atoms with E-state index >= 15 is 0 Å². The van der Waals surface area contributed by atoms with E-state index in [1.807, 2.05) is 0 Å². The third-order valence-electron chi connectivity index (χ3n) is 4.77. The van der Waals surface area contributed by atoms with Crippen LogP contribution in [0.1, 0.15) is 21.5 Å². The van der Waals surface area contributed by atoms with Crippen molar-refractivity contribution in [2.45, 2.75) is 13.5 Å². The number of ether oxygens (including phenoxy) is 1. The Labute approximate surface area is 169 Å². The van der Waals surface area contributed by atoms with Crippen molar-refractivity contribution in [3.05, 3.63) is 64.2 Å². The average molecular weight is 402 g/mol. The second-order valence-electron chi connectivity index (χ2n) is 6.94. The van der Waals surface area contributed by atoms with E-state index in [4.69, 9.17) is 22.1 Å². The van der Waals surface area contributed by atoms with Crippen LogP contribution in [0.5, 0.6) is 5.75 Å². The van der Waals surface area contributed by atoms with Crippen LogP contribution < -0.4 is 10.5 Å². The topological polar surface area (TPSA) is 75.9 Å². The fraction of sp³-hybridized carbons (Fsp3) is 0.333. The zero-order chi connectivity index (χ0) is 20.1.